The molecule has 0 aliphatic heterocycles. The molecule has 0 amide bonds. The molecule has 0 radical (unpaired) electrons. The van der Waals surface area contributed by atoms with E-state index in [2.05, 4.69) is 15.9 Å². The summed E-state index contributed by atoms with van der Waals surface area (Å²) in [6, 6.07) is 13.4. The van der Waals surface area contributed by atoms with Gasteiger partial charge in [0.05, 0.1) is 16.1 Å². The van der Waals surface area contributed by atoms with Crippen molar-refractivity contribution in [2.45, 2.75) is 6.61 Å². The molecule has 0 unspecified atom stereocenters. The van der Waals surface area contributed by atoms with Crippen molar-refractivity contribution < 1.29 is 9.66 Å². The Morgan fingerprint density at radius 2 is 2.05 bits per heavy atom. The Morgan fingerprint density at radius 3 is 2.75 bits per heavy atom. The molecule has 5 nitrogen and oxygen atoms in total. The van der Waals surface area contributed by atoms with E-state index in [1.165, 1.54) is 6.07 Å². The number of halogens is 1. The summed E-state index contributed by atoms with van der Waals surface area (Å²) in [5.41, 5.74) is 0.838. The molecule has 0 heterocycles. The fraction of sp³-hybridized carbons (Fsp3) is 0.0714. The maximum Gasteiger partial charge on any atom is 0.276 e. The monoisotopic (exact) mass is 332 g/mol. The van der Waals surface area contributed by atoms with E-state index >= 15 is 0 Å². The molecule has 2 aromatic rings. The van der Waals surface area contributed by atoms with Crippen LogP contribution in [-0.4, -0.2) is 4.92 Å². The van der Waals surface area contributed by atoms with Crippen LogP contribution < -0.4 is 4.74 Å². The van der Waals surface area contributed by atoms with Crippen molar-refractivity contribution in [1.29, 1.82) is 5.26 Å². The Bertz CT molecular complexity index is 695. The second-order valence-corrected chi connectivity index (χ2v) is 4.84. The third kappa shape index (κ3) is 3.13. The van der Waals surface area contributed by atoms with Gasteiger partial charge in [0.1, 0.15) is 18.4 Å². The minimum atomic E-state index is -0.453. The zero-order valence-corrected chi connectivity index (χ0v) is 11.8. The van der Waals surface area contributed by atoms with Gasteiger partial charge in [-0.15, -0.1) is 0 Å². The smallest absolute Gasteiger partial charge is 0.276 e. The fourth-order valence-electron chi connectivity index (χ4n) is 1.68. The molecule has 20 heavy (non-hydrogen) atoms. The van der Waals surface area contributed by atoms with E-state index in [0.29, 0.717) is 16.9 Å². The van der Waals surface area contributed by atoms with Crippen LogP contribution in [0, 0.1) is 21.4 Å². The maximum atomic E-state index is 10.9. The molecule has 6 heteroatoms. The van der Waals surface area contributed by atoms with Gasteiger partial charge in [0.15, 0.2) is 0 Å². The lowest BCUT2D eigenvalue weighted by Crippen LogP contribution is -2.01. The molecule has 0 aromatic heterocycles. The third-order valence-corrected chi connectivity index (χ3v) is 3.13. The van der Waals surface area contributed by atoms with Crippen molar-refractivity contribution in [2.75, 3.05) is 0 Å². The Labute approximate surface area is 123 Å². The summed E-state index contributed by atoms with van der Waals surface area (Å²) >= 11 is 3.27. The average Bonchev–Trinajstić information content (AvgIpc) is 2.46. The zero-order chi connectivity index (χ0) is 14.5. The van der Waals surface area contributed by atoms with Crippen LogP contribution in [0.4, 0.5) is 5.69 Å². The highest BCUT2D eigenvalue weighted by Crippen LogP contribution is 2.25. The SMILES string of the molecule is N#Cc1cc(Br)ccc1OCc1ccccc1[N+](=O)[O-]. The quantitative estimate of drug-likeness (QED) is 0.630. The second kappa shape index (κ2) is 6.17. The Kier molecular flexibility index (Phi) is 4.33. The molecule has 0 fully saturated rings. The Morgan fingerprint density at radius 1 is 1.30 bits per heavy atom. The first kappa shape index (κ1) is 14.0. The number of hydrogen-bond acceptors (Lipinski definition) is 4. The molecule has 0 spiro atoms. The van der Waals surface area contributed by atoms with Gasteiger partial charge in [0.25, 0.3) is 5.69 Å². The van der Waals surface area contributed by atoms with Crippen LogP contribution in [0.15, 0.2) is 46.9 Å². The van der Waals surface area contributed by atoms with Gasteiger partial charge < -0.3 is 4.74 Å². The first-order valence-corrected chi connectivity index (χ1v) is 6.46. The van der Waals surface area contributed by atoms with E-state index < -0.39 is 4.92 Å². The highest BCUT2D eigenvalue weighted by Gasteiger charge is 2.13. The van der Waals surface area contributed by atoms with Gasteiger partial charge in [-0.05, 0) is 24.3 Å². The molecule has 0 N–H and O–H groups in total. The number of rotatable bonds is 4. The van der Waals surface area contributed by atoms with Gasteiger partial charge >= 0.3 is 0 Å². The van der Waals surface area contributed by atoms with Crippen molar-refractivity contribution in [3.05, 3.63) is 68.2 Å². The van der Waals surface area contributed by atoms with Crippen molar-refractivity contribution in [3.8, 4) is 11.8 Å². The molecule has 2 rings (SSSR count). The molecule has 0 saturated heterocycles. The van der Waals surface area contributed by atoms with Crippen molar-refractivity contribution in [3.63, 3.8) is 0 Å². The van der Waals surface area contributed by atoms with E-state index in [0.717, 1.165) is 4.47 Å². The lowest BCUT2D eigenvalue weighted by molar-refractivity contribution is -0.385. The van der Waals surface area contributed by atoms with Gasteiger partial charge in [0.2, 0.25) is 0 Å². The topological polar surface area (TPSA) is 76.2 Å². The number of para-hydroxylation sites is 1. The molecular weight excluding hydrogens is 324 g/mol. The first-order valence-electron chi connectivity index (χ1n) is 5.66. The predicted molar refractivity (Wildman–Crippen MR) is 76.3 cm³/mol. The fourth-order valence-corrected chi connectivity index (χ4v) is 2.04. The van der Waals surface area contributed by atoms with Crippen molar-refractivity contribution in [2.24, 2.45) is 0 Å². The van der Waals surface area contributed by atoms with E-state index in [4.69, 9.17) is 10.00 Å². The van der Waals surface area contributed by atoms with Crippen molar-refractivity contribution in [1.82, 2.24) is 0 Å². The van der Waals surface area contributed by atoms with E-state index in [1.54, 1.807) is 36.4 Å². The number of nitro benzene ring substituents is 1. The summed E-state index contributed by atoms with van der Waals surface area (Å²) in [4.78, 5) is 10.4. The largest absolute Gasteiger partial charge is 0.487 e. The number of benzene rings is 2. The minimum Gasteiger partial charge on any atom is -0.487 e. The molecule has 0 aliphatic rings. The molecule has 2 aromatic carbocycles. The number of nitrogens with zero attached hydrogens (tertiary/aromatic N) is 2. The van der Waals surface area contributed by atoms with Crippen LogP contribution in [0.25, 0.3) is 0 Å². The average molecular weight is 333 g/mol. The molecular formula is C14H9BrN2O3. The van der Waals surface area contributed by atoms with Crippen LogP contribution in [0.1, 0.15) is 11.1 Å². The van der Waals surface area contributed by atoms with Gasteiger partial charge in [0, 0.05) is 10.5 Å². The van der Waals surface area contributed by atoms with Gasteiger partial charge in [-0.2, -0.15) is 5.26 Å². The molecule has 0 aliphatic carbocycles. The molecule has 100 valence electrons. The van der Waals surface area contributed by atoms with Crippen LogP contribution in [0.2, 0.25) is 0 Å². The number of hydrogen-bond donors (Lipinski definition) is 0. The van der Waals surface area contributed by atoms with E-state index in [1.807, 2.05) is 6.07 Å². The molecule has 0 atom stereocenters. The molecule has 0 bridgehead atoms. The summed E-state index contributed by atoms with van der Waals surface area (Å²) < 4.78 is 6.28. The van der Waals surface area contributed by atoms with Gasteiger partial charge in [-0.25, -0.2) is 0 Å². The van der Waals surface area contributed by atoms with E-state index in [9.17, 15) is 10.1 Å². The maximum absolute atomic E-state index is 10.9. The van der Waals surface area contributed by atoms with Gasteiger partial charge in [-0.1, -0.05) is 28.1 Å². The first-order chi connectivity index (χ1) is 9.61. The molecule has 0 saturated carbocycles. The Hall–Kier alpha value is -2.39. The standard InChI is InChI=1S/C14H9BrN2O3/c15-12-5-6-14(11(7-12)8-16)20-9-10-3-1-2-4-13(10)17(18)19/h1-7H,9H2. The van der Waals surface area contributed by atoms with E-state index in [-0.39, 0.29) is 12.3 Å². The van der Waals surface area contributed by atoms with Crippen molar-refractivity contribution >= 4 is 21.6 Å². The summed E-state index contributed by atoms with van der Waals surface area (Å²) in [5, 5.41) is 19.9. The second-order valence-electron chi connectivity index (χ2n) is 3.93. The van der Waals surface area contributed by atoms with Gasteiger partial charge in [-0.3, -0.25) is 10.1 Å². The summed E-state index contributed by atoms with van der Waals surface area (Å²) in [6.45, 7) is 0.0352. The lowest BCUT2D eigenvalue weighted by atomic mass is 10.2. The summed E-state index contributed by atoms with van der Waals surface area (Å²) in [5.74, 6) is 0.397. The lowest BCUT2D eigenvalue weighted by Gasteiger charge is -2.08. The third-order valence-electron chi connectivity index (χ3n) is 2.63. The summed E-state index contributed by atoms with van der Waals surface area (Å²) in [7, 11) is 0. The van der Waals surface area contributed by atoms with Crippen LogP contribution in [-0.2, 0) is 6.61 Å². The van der Waals surface area contributed by atoms with Crippen LogP contribution in [0.3, 0.4) is 0 Å². The normalized spacial score (nSPS) is 9.80. The highest BCUT2D eigenvalue weighted by molar-refractivity contribution is 9.10. The van der Waals surface area contributed by atoms with Crippen LogP contribution >= 0.6 is 15.9 Å². The summed E-state index contributed by atoms with van der Waals surface area (Å²) in [6.07, 6.45) is 0. The number of nitro groups is 1. The number of ether oxygens (including phenoxy) is 1. The predicted octanol–water partition coefficient (Wildman–Crippen LogP) is 3.81. The Balaban J connectivity index is 2.22. The number of nitriles is 1. The minimum absolute atomic E-state index is 0.00289. The highest BCUT2D eigenvalue weighted by atomic mass is 79.9. The van der Waals surface area contributed by atoms with Crippen LogP contribution in [0.5, 0.6) is 5.75 Å². The zero-order valence-electron chi connectivity index (χ0n) is 10.2.